The van der Waals surface area contributed by atoms with Crippen LogP contribution in [0.5, 0.6) is 0 Å². The molecule has 0 spiro atoms. The van der Waals surface area contributed by atoms with Crippen LogP contribution in [-0.4, -0.2) is 52.0 Å². The Morgan fingerprint density at radius 2 is 1.88 bits per heavy atom. The minimum atomic E-state index is -1.04. The van der Waals surface area contributed by atoms with Crippen molar-refractivity contribution >= 4 is 23.6 Å². The smallest absolute Gasteiger partial charge is 0.326 e. The number of urea groups is 1. The number of nitro benzene ring substituents is 1. The molecule has 140 valence electrons. The van der Waals surface area contributed by atoms with Crippen LogP contribution in [0, 0.1) is 10.1 Å². The number of likely N-dealkylation sites (tertiary alicyclic amines) is 1. The molecule has 1 unspecified atom stereocenters. The van der Waals surface area contributed by atoms with Gasteiger partial charge >= 0.3 is 12.0 Å². The zero-order chi connectivity index (χ0) is 19.1. The lowest BCUT2D eigenvalue weighted by molar-refractivity contribution is -0.384. The summed E-state index contributed by atoms with van der Waals surface area (Å²) in [6.07, 6.45) is 1.90. The number of piperidine rings is 1. The van der Waals surface area contributed by atoms with Gasteiger partial charge in [0.05, 0.1) is 11.5 Å². The Hall–Kier alpha value is -3.17. The summed E-state index contributed by atoms with van der Waals surface area (Å²) in [5, 5.41) is 24.7. The van der Waals surface area contributed by atoms with E-state index < -0.39 is 28.9 Å². The van der Waals surface area contributed by atoms with E-state index in [0.29, 0.717) is 18.5 Å². The van der Waals surface area contributed by atoms with Crippen LogP contribution in [0.4, 0.5) is 10.5 Å². The Labute approximate surface area is 149 Å². The lowest BCUT2D eigenvalue weighted by atomic mass is 10.0. The van der Waals surface area contributed by atoms with Gasteiger partial charge in [-0.3, -0.25) is 14.9 Å². The molecular formula is C16H20N4O6. The second kappa shape index (κ2) is 8.79. The summed E-state index contributed by atoms with van der Waals surface area (Å²) in [5.41, 5.74) is 0.623. The highest BCUT2D eigenvalue weighted by Gasteiger charge is 2.31. The number of hydrogen-bond acceptors (Lipinski definition) is 5. The monoisotopic (exact) mass is 364 g/mol. The number of hydrogen-bond donors (Lipinski definition) is 3. The minimum Gasteiger partial charge on any atom is -0.480 e. The Morgan fingerprint density at radius 3 is 2.50 bits per heavy atom. The van der Waals surface area contributed by atoms with Crippen LogP contribution in [0.25, 0.3) is 0 Å². The number of benzene rings is 1. The highest BCUT2D eigenvalue weighted by molar-refractivity contribution is 5.87. The zero-order valence-corrected chi connectivity index (χ0v) is 14.0. The van der Waals surface area contributed by atoms with Crippen LogP contribution < -0.4 is 10.6 Å². The van der Waals surface area contributed by atoms with Gasteiger partial charge < -0.3 is 20.6 Å². The maximum absolute atomic E-state index is 12.1. The predicted octanol–water partition coefficient (Wildman–Crippen LogP) is 0.860. The van der Waals surface area contributed by atoms with Crippen LogP contribution in [0.2, 0.25) is 0 Å². The lowest BCUT2D eigenvalue weighted by Crippen LogP contribution is -2.51. The molecule has 1 aromatic rings. The molecule has 1 atom stereocenters. The van der Waals surface area contributed by atoms with E-state index in [-0.39, 0.29) is 18.8 Å². The first-order valence-corrected chi connectivity index (χ1v) is 8.16. The molecular weight excluding hydrogens is 344 g/mol. The van der Waals surface area contributed by atoms with Gasteiger partial charge in [0.2, 0.25) is 5.91 Å². The summed E-state index contributed by atoms with van der Waals surface area (Å²) in [5.74, 6) is -1.48. The van der Waals surface area contributed by atoms with Gasteiger partial charge in [-0.2, -0.15) is 0 Å². The number of nitrogens with one attached hydrogen (secondary N) is 2. The number of aliphatic carboxylic acids is 1. The van der Waals surface area contributed by atoms with Crippen LogP contribution in [-0.2, 0) is 16.1 Å². The molecule has 0 saturated carbocycles. The molecule has 10 nitrogen and oxygen atoms in total. The molecule has 1 heterocycles. The van der Waals surface area contributed by atoms with Crippen molar-refractivity contribution in [1.82, 2.24) is 15.5 Å². The van der Waals surface area contributed by atoms with Crippen molar-refractivity contribution in [2.24, 2.45) is 0 Å². The molecule has 26 heavy (non-hydrogen) atoms. The molecule has 2 rings (SSSR count). The number of rotatable bonds is 6. The maximum Gasteiger partial charge on any atom is 0.326 e. The number of carboxylic acids is 1. The Balaban J connectivity index is 1.78. The lowest BCUT2D eigenvalue weighted by Gasteiger charge is -2.33. The van der Waals surface area contributed by atoms with Crippen LogP contribution in [0.15, 0.2) is 24.3 Å². The van der Waals surface area contributed by atoms with Gasteiger partial charge in [-0.15, -0.1) is 0 Å². The fourth-order valence-electron chi connectivity index (χ4n) is 2.72. The first kappa shape index (κ1) is 19.2. The molecule has 0 radical (unpaired) electrons. The average molecular weight is 364 g/mol. The van der Waals surface area contributed by atoms with Crippen LogP contribution in [0.3, 0.4) is 0 Å². The number of amides is 3. The summed E-state index contributed by atoms with van der Waals surface area (Å²) in [4.78, 5) is 46.5. The van der Waals surface area contributed by atoms with Crippen LogP contribution in [0.1, 0.15) is 24.8 Å². The molecule has 1 aliphatic rings. The van der Waals surface area contributed by atoms with Gasteiger partial charge in [-0.25, -0.2) is 9.59 Å². The van der Waals surface area contributed by atoms with Gasteiger partial charge in [0.25, 0.3) is 5.69 Å². The fraction of sp³-hybridized carbons (Fsp3) is 0.438. The Kier molecular flexibility index (Phi) is 6.48. The maximum atomic E-state index is 12.1. The van der Waals surface area contributed by atoms with E-state index in [1.54, 1.807) is 0 Å². The van der Waals surface area contributed by atoms with Gasteiger partial charge in [0.15, 0.2) is 0 Å². The van der Waals surface area contributed by atoms with E-state index in [4.69, 9.17) is 5.11 Å². The van der Waals surface area contributed by atoms with Crippen molar-refractivity contribution < 1.29 is 24.4 Å². The Morgan fingerprint density at radius 1 is 1.19 bits per heavy atom. The van der Waals surface area contributed by atoms with Crippen molar-refractivity contribution in [3.63, 3.8) is 0 Å². The van der Waals surface area contributed by atoms with E-state index in [2.05, 4.69) is 10.6 Å². The van der Waals surface area contributed by atoms with Gasteiger partial charge in [-0.1, -0.05) is 12.1 Å². The third kappa shape index (κ3) is 5.16. The topological polar surface area (TPSA) is 142 Å². The fourth-order valence-corrected chi connectivity index (χ4v) is 2.72. The predicted molar refractivity (Wildman–Crippen MR) is 90.3 cm³/mol. The third-order valence-electron chi connectivity index (χ3n) is 4.11. The van der Waals surface area contributed by atoms with E-state index >= 15 is 0 Å². The number of carbonyl (C=O) groups excluding carboxylic acids is 2. The summed E-state index contributed by atoms with van der Waals surface area (Å²) < 4.78 is 0. The largest absolute Gasteiger partial charge is 0.480 e. The second-order valence-electron chi connectivity index (χ2n) is 5.90. The second-order valence-corrected chi connectivity index (χ2v) is 5.90. The number of carboxylic acid groups (broad SMARTS) is 1. The Bertz CT molecular complexity index is 690. The SMILES string of the molecule is O=C(NCC(=O)N1CCCCC1C(=O)O)NCc1ccc([N+](=O)[O-])cc1. The normalized spacial score (nSPS) is 16.6. The third-order valence-corrected chi connectivity index (χ3v) is 4.11. The first-order valence-electron chi connectivity index (χ1n) is 8.16. The summed E-state index contributed by atoms with van der Waals surface area (Å²) in [6, 6.07) is 4.28. The van der Waals surface area contributed by atoms with E-state index in [9.17, 15) is 24.5 Å². The van der Waals surface area contributed by atoms with E-state index in [1.165, 1.54) is 29.2 Å². The zero-order valence-electron chi connectivity index (χ0n) is 14.0. The van der Waals surface area contributed by atoms with Crippen molar-refractivity contribution in [3.05, 3.63) is 39.9 Å². The molecule has 1 fully saturated rings. The van der Waals surface area contributed by atoms with Crippen molar-refractivity contribution in [2.45, 2.75) is 31.8 Å². The van der Waals surface area contributed by atoms with Gasteiger partial charge in [0, 0.05) is 25.2 Å². The average Bonchev–Trinajstić information content (AvgIpc) is 2.64. The molecule has 0 aromatic heterocycles. The van der Waals surface area contributed by atoms with E-state index in [1.807, 2.05) is 0 Å². The van der Waals surface area contributed by atoms with E-state index in [0.717, 1.165) is 12.8 Å². The number of carbonyl (C=O) groups is 3. The molecule has 0 aliphatic carbocycles. The quantitative estimate of drug-likeness (QED) is 0.505. The van der Waals surface area contributed by atoms with Gasteiger partial charge in [-0.05, 0) is 24.8 Å². The molecule has 0 bridgehead atoms. The molecule has 10 heteroatoms. The molecule has 3 N–H and O–H groups in total. The standard InChI is InChI=1S/C16H20N4O6/c21-14(19-8-2-1-3-13(19)15(22)23)10-18-16(24)17-9-11-4-6-12(7-5-11)20(25)26/h4-7,13H,1-3,8-10H2,(H,22,23)(H2,17,18,24). The van der Waals surface area contributed by atoms with Gasteiger partial charge in [0.1, 0.15) is 6.04 Å². The van der Waals surface area contributed by atoms with Crippen LogP contribution >= 0.6 is 0 Å². The van der Waals surface area contributed by atoms with Crippen molar-refractivity contribution in [3.8, 4) is 0 Å². The van der Waals surface area contributed by atoms with Crippen molar-refractivity contribution in [1.29, 1.82) is 0 Å². The highest BCUT2D eigenvalue weighted by Crippen LogP contribution is 2.17. The molecule has 1 saturated heterocycles. The molecule has 3 amide bonds. The first-order chi connectivity index (χ1) is 12.4. The summed E-state index contributed by atoms with van der Waals surface area (Å²) >= 11 is 0. The molecule has 1 aromatic carbocycles. The van der Waals surface area contributed by atoms with Crippen molar-refractivity contribution in [2.75, 3.05) is 13.1 Å². The molecule has 1 aliphatic heterocycles. The highest BCUT2D eigenvalue weighted by atomic mass is 16.6. The number of nitro groups is 1. The minimum absolute atomic E-state index is 0.0432. The summed E-state index contributed by atoms with van der Waals surface area (Å²) in [6.45, 7) is 0.206. The summed E-state index contributed by atoms with van der Waals surface area (Å²) in [7, 11) is 0. The number of non-ortho nitro benzene ring substituents is 1. The number of nitrogens with zero attached hydrogens (tertiary/aromatic N) is 2.